The van der Waals surface area contributed by atoms with Gasteiger partial charge in [-0.05, 0) is 134 Å². The summed E-state index contributed by atoms with van der Waals surface area (Å²) in [6.07, 6.45) is -4.47. The van der Waals surface area contributed by atoms with Crippen LogP contribution < -0.4 is 28.6 Å². The largest absolute Gasteiger partial charge is 0.497 e. The average molecular weight is 832 g/mol. The van der Waals surface area contributed by atoms with Crippen molar-refractivity contribution in [3.8, 4) is 39.9 Å². The van der Waals surface area contributed by atoms with E-state index < -0.39 is 29.8 Å². The topological polar surface area (TPSA) is 83.5 Å². The summed E-state index contributed by atoms with van der Waals surface area (Å²) in [7, 11) is 1.61. The van der Waals surface area contributed by atoms with Crippen LogP contribution in [0.3, 0.4) is 0 Å². The van der Waals surface area contributed by atoms with E-state index in [2.05, 4.69) is 13.8 Å². The van der Waals surface area contributed by atoms with Crippen molar-refractivity contribution in [1.29, 1.82) is 0 Å². The molecule has 0 aliphatic rings. The van der Waals surface area contributed by atoms with Gasteiger partial charge in [-0.1, -0.05) is 68.4 Å². The van der Waals surface area contributed by atoms with E-state index >= 15 is 0 Å². The number of alkyl halides is 3. The highest BCUT2D eigenvalue weighted by molar-refractivity contribution is 5.83. The molecule has 0 unspecified atom stereocenters. The zero-order valence-electron chi connectivity index (χ0n) is 35.3. The van der Waals surface area contributed by atoms with Gasteiger partial charge in [0, 0.05) is 35.5 Å². The molecule has 0 atom stereocenters. The van der Waals surface area contributed by atoms with Gasteiger partial charge < -0.3 is 28.6 Å². The summed E-state index contributed by atoms with van der Waals surface area (Å²) < 4.78 is 66.5. The fourth-order valence-electron chi connectivity index (χ4n) is 6.75. The first-order chi connectivity index (χ1) is 28.8. The van der Waals surface area contributed by atoms with Crippen LogP contribution in [0.4, 0.5) is 30.2 Å². The fraction of sp³-hybridized carbons (Fsp3) is 0.240. The third-order valence-electron chi connectivity index (χ3n) is 10.2. The average Bonchev–Trinajstić information content (AvgIpc) is 3.22. The van der Waals surface area contributed by atoms with E-state index in [-0.39, 0.29) is 17.5 Å². The van der Waals surface area contributed by atoms with Gasteiger partial charge in [-0.3, -0.25) is 4.79 Å². The van der Waals surface area contributed by atoms with E-state index in [1.807, 2.05) is 104 Å². The van der Waals surface area contributed by atoms with Crippen LogP contribution in [0.5, 0.6) is 28.7 Å². The molecule has 0 aliphatic carbocycles. The van der Waals surface area contributed by atoms with Crippen molar-refractivity contribution < 1.29 is 46.4 Å². The van der Waals surface area contributed by atoms with Gasteiger partial charge in [0.25, 0.3) is 0 Å². The molecule has 0 saturated heterocycles. The number of methoxy groups -OCH3 is 1. The minimum atomic E-state index is -4.47. The number of carbonyl (C=O) groups is 2. The number of halogens is 3. The maximum absolute atomic E-state index is 13.8. The molecule has 0 aliphatic heterocycles. The van der Waals surface area contributed by atoms with Crippen LogP contribution in [0.25, 0.3) is 11.1 Å². The first-order valence-electron chi connectivity index (χ1n) is 19.6. The minimum absolute atomic E-state index is 0.0664. The second-order valence-electron chi connectivity index (χ2n) is 15.7. The quantitative estimate of drug-likeness (QED) is 0.0793. The number of hydrogen-bond acceptors (Lipinski definition) is 8. The van der Waals surface area contributed by atoms with Gasteiger partial charge in [-0.15, -0.1) is 0 Å². The number of anilines is 3. The van der Waals surface area contributed by atoms with E-state index in [0.29, 0.717) is 22.9 Å². The third-order valence-corrected chi connectivity index (χ3v) is 10.2. The van der Waals surface area contributed by atoms with Gasteiger partial charge in [-0.2, -0.15) is 13.2 Å². The van der Waals surface area contributed by atoms with E-state index in [4.69, 9.17) is 23.7 Å². The summed E-state index contributed by atoms with van der Waals surface area (Å²) >= 11 is 0. The Bertz CT molecular complexity index is 2490. The Morgan fingerprint density at radius 1 is 0.590 bits per heavy atom. The lowest BCUT2D eigenvalue weighted by molar-refractivity contribution is -0.153. The highest BCUT2D eigenvalue weighted by Gasteiger charge is 2.34. The summed E-state index contributed by atoms with van der Waals surface area (Å²) in [5, 5.41) is 0. The van der Waals surface area contributed by atoms with Crippen LogP contribution in [0.2, 0.25) is 0 Å². The number of nitrogens with zero attached hydrogens (tertiary/aromatic N) is 1. The lowest BCUT2D eigenvalue weighted by Crippen LogP contribution is -2.41. The third kappa shape index (κ3) is 10.7. The van der Waals surface area contributed by atoms with E-state index in [0.717, 1.165) is 44.8 Å². The van der Waals surface area contributed by atoms with Gasteiger partial charge in [0.05, 0.1) is 7.11 Å². The van der Waals surface area contributed by atoms with Crippen LogP contribution in [-0.2, 0) is 15.0 Å². The maximum Gasteiger partial charge on any atom is 0.422 e. The minimum Gasteiger partial charge on any atom is -0.497 e. The number of esters is 2. The molecule has 0 saturated carbocycles. The Morgan fingerprint density at radius 3 is 1.64 bits per heavy atom. The van der Waals surface area contributed by atoms with E-state index in [9.17, 15) is 22.8 Å². The van der Waals surface area contributed by atoms with Crippen molar-refractivity contribution in [3.63, 3.8) is 0 Å². The molecule has 0 radical (unpaired) electrons. The van der Waals surface area contributed by atoms with E-state index in [1.165, 1.54) is 19.1 Å². The Morgan fingerprint density at radius 2 is 1.11 bits per heavy atom. The molecule has 6 aromatic rings. The number of rotatable bonds is 14. The molecular weight excluding hydrogens is 784 g/mol. The Kier molecular flexibility index (Phi) is 12.8. The molecule has 0 heterocycles. The number of benzene rings is 6. The molecule has 8 nitrogen and oxygen atoms in total. The number of ether oxygens (including phenoxy) is 5. The first-order valence-corrected chi connectivity index (χ1v) is 19.6. The van der Waals surface area contributed by atoms with Crippen LogP contribution in [0.1, 0.15) is 56.9 Å². The van der Waals surface area contributed by atoms with Crippen molar-refractivity contribution in [2.24, 2.45) is 0 Å². The summed E-state index contributed by atoms with van der Waals surface area (Å²) in [4.78, 5) is 27.2. The molecule has 6 aromatic carbocycles. The van der Waals surface area contributed by atoms with Crippen molar-refractivity contribution in [3.05, 3.63) is 156 Å². The van der Waals surface area contributed by atoms with Crippen molar-refractivity contribution in [2.45, 2.75) is 65.7 Å². The molecule has 0 amide bonds. The highest BCUT2D eigenvalue weighted by Crippen LogP contribution is 2.40. The predicted molar refractivity (Wildman–Crippen MR) is 231 cm³/mol. The number of hydrogen-bond donors (Lipinski definition) is 0. The van der Waals surface area contributed by atoms with Crippen molar-refractivity contribution in [1.82, 2.24) is 0 Å². The summed E-state index contributed by atoms with van der Waals surface area (Å²) in [6.45, 7) is 11.3. The standard InChI is InChI=1S/C50H48F3NO7/c1-32-28-37(16-26-45(32)59-34(3)55)48(4,5)38-17-27-46(33(2)29-38)61-49(6,7)47(56)60-44-11-9-10-41(30-44)54(40-20-24-43(25-21-40)58-31-50(51,52)53)39-18-12-35(13-19-39)36-14-22-42(57-8)23-15-36/h9-30H,31H2,1-8H3. The van der Waals surface area contributed by atoms with E-state index in [1.54, 1.807) is 57.4 Å². The monoisotopic (exact) mass is 831 g/mol. The zero-order chi connectivity index (χ0) is 44.1. The summed E-state index contributed by atoms with van der Waals surface area (Å²) in [5.74, 6) is 1.10. The normalized spacial score (nSPS) is 11.7. The van der Waals surface area contributed by atoms with Crippen LogP contribution in [0, 0.1) is 13.8 Å². The highest BCUT2D eigenvalue weighted by atomic mass is 19.4. The molecule has 0 fully saturated rings. The van der Waals surface area contributed by atoms with Gasteiger partial charge in [0.15, 0.2) is 6.61 Å². The Hall–Kier alpha value is -6.75. The predicted octanol–water partition coefficient (Wildman–Crippen LogP) is 12.4. The fourth-order valence-corrected chi connectivity index (χ4v) is 6.75. The SMILES string of the molecule is COc1ccc(-c2ccc(N(c3ccc(OCC(F)(F)F)cc3)c3cccc(OC(=O)C(C)(C)Oc4ccc(C(C)(C)c5ccc(OC(C)=O)c(C)c5)cc4C)c3)cc2)cc1. The molecule has 0 spiro atoms. The molecule has 0 N–H and O–H groups in total. The Labute approximate surface area is 354 Å². The molecule has 61 heavy (non-hydrogen) atoms. The molecule has 11 heteroatoms. The van der Waals surface area contributed by atoms with Crippen LogP contribution >= 0.6 is 0 Å². The lowest BCUT2D eigenvalue weighted by Gasteiger charge is -2.29. The van der Waals surface area contributed by atoms with Crippen LogP contribution in [-0.4, -0.2) is 37.4 Å². The van der Waals surface area contributed by atoms with Gasteiger partial charge >= 0.3 is 18.1 Å². The zero-order valence-corrected chi connectivity index (χ0v) is 35.3. The van der Waals surface area contributed by atoms with Crippen molar-refractivity contribution in [2.75, 3.05) is 18.6 Å². The molecule has 0 bridgehead atoms. The molecule has 0 aromatic heterocycles. The molecular formula is C50H48F3NO7. The molecule has 316 valence electrons. The second-order valence-corrected chi connectivity index (χ2v) is 15.7. The number of carbonyl (C=O) groups excluding carboxylic acids is 2. The molecule has 6 rings (SSSR count). The summed E-state index contributed by atoms with van der Waals surface area (Å²) in [5.41, 5.74) is 5.87. The second kappa shape index (κ2) is 17.8. The Balaban J connectivity index is 1.22. The van der Waals surface area contributed by atoms with Gasteiger partial charge in [0.2, 0.25) is 5.60 Å². The van der Waals surface area contributed by atoms with Crippen molar-refractivity contribution >= 4 is 29.0 Å². The maximum atomic E-state index is 13.8. The first kappa shape index (κ1) is 43.8. The summed E-state index contributed by atoms with van der Waals surface area (Å²) in [6, 6.07) is 40.3. The van der Waals surface area contributed by atoms with Crippen LogP contribution in [0.15, 0.2) is 133 Å². The number of aryl methyl sites for hydroxylation is 2. The smallest absolute Gasteiger partial charge is 0.422 e. The lowest BCUT2D eigenvalue weighted by atomic mass is 9.77. The van der Waals surface area contributed by atoms with Gasteiger partial charge in [0.1, 0.15) is 28.7 Å². The van der Waals surface area contributed by atoms with Gasteiger partial charge in [-0.25, -0.2) is 4.79 Å².